The second-order valence-electron chi connectivity index (χ2n) is 4.88. The van der Waals surface area contributed by atoms with Crippen molar-refractivity contribution in [2.45, 2.75) is 33.1 Å². The molecule has 0 aliphatic rings. The third kappa shape index (κ3) is 3.94. The van der Waals surface area contributed by atoms with Gasteiger partial charge in [0.15, 0.2) is 5.13 Å². The number of methoxy groups -OCH3 is 1. The van der Waals surface area contributed by atoms with Crippen molar-refractivity contribution < 1.29 is 14.3 Å². The summed E-state index contributed by atoms with van der Waals surface area (Å²) in [6, 6.07) is 3.58. The fraction of sp³-hybridized carbons (Fsp3) is 0.400. The molecule has 0 fully saturated rings. The Hall–Kier alpha value is -2.15. The normalized spacial score (nSPS) is 10.5. The van der Waals surface area contributed by atoms with Crippen LogP contribution in [0.4, 0.5) is 10.8 Å². The van der Waals surface area contributed by atoms with E-state index in [2.05, 4.69) is 15.6 Å². The van der Waals surface area contributed by atoms with E-state index in [9.17, 15) is 9.59 Å². The lowest BCUT2D eigenvalue weighted by Gasteiger charge is -2.07. The van der Waals surface area contributed by atoms with E-state index in [0.29, 0.717) is 28.5 Å². The number of ether oxygens (including phenoxy) is 1. The standard InChI is InChI=1S/C15H19N3O3S/c1-4-5-6-13(20)17-10-7-11(21-3)14-12(8-10)22-15(18-14)16-9(2)19/h7-8H,4-6H2,1-3H3,(H,17,20)(H,16,18,19). The van der Waals surface area contributed by atoms with E-state index in [0.717, 1.165) is 17.5 Å². The van der Waals surface area contributed by atoms with Crippen molar-refractivity contribution in [2.24, 2.45) is 0 Å². The SMILES string of the molecule is CCCCC(=O)Nc1cc(OC)c2nc(NC(C)=O)sc2c1. The number of carbonyl (C=O) groups excluding carboxylic acids is 2. The highest BCUT2D eigenvalue weighted by atomic mass is 32.1. The second kappa shape index (κ2) is 7.22. The molecule has 1 aromatic heterocycles. The van der Waals surface area contributed by atoms with Gasteiger partial charge in [-0.3, -0.25) is 9.59 Å². The number of thiazole rings is 1. The number of anilines is 2. The molecule has 0 spiro atoms. The molecule has 0 atom stereocenters. The Morgan fingerprint density at radius 3 is 2.73 bits per heavy atom. The Morgan fingerprint density at radius 1 is 1.32 bits per heavy atom. The minimum atomic E-state index is -0.175. The highest BCUT2D eigenvalue weighted by Crippen LogP contribution is 2.35. The van der Waals surface area contributed by atoms with E-state index in [-0.39, 0.29) is 11.8 Å². The van der Waals surface area contributed by atoms with E-state index in [1.165, 1.54) is 18.3 Å². The van der Waals surface area contributed by atoms with Crippen LogP contribution in [0.1, 0.15) is 33.1 Å². The van der Waals surface area contributed by atoms with E-state index in [1.54, 1.807) is 13.2 Å². The molecule has 2 N–H and O–H groups in total. The van der Waals surface area contributed by atoms with Crippen molar-refractivity contribution in [1.29, 1.82) is 0 Å². The number of rotatable bonds is 6. The topological polar surface area (TPSA) is 80.3 Å². The largest absolute Gasteiger partial charge is 0.494 e. The number of benzene rings is 1. The smallest absolute Gasteiger partial charge is 0.224 e. The number of hydrogen-bond acceptors (Lipinski definition) is 5. The maximum atomic E-state index is 11.8. The number of hydrogen-bond donors (Lipinski definition) is 2. The zero-order chi connectivity index (χ0) is 16.1. The monoisotopic (exact) mass is 321 g/mol. The summed E-state index contributed by atoms with van der Waals surface area (Å²) in [5.74, 6) is 0.372. The van der Waals surface area contributed by atoms with Gasteiger partial charge in [-0.2, -0.15) is 0 Å². The molecule has 2 amide bonds. The fourth-order valence-electron chi connectivity index (χ4n) is 1.99. The summed E-state index contributed by atoms with van der Waals surface area (Å²) in [5.41, 5.74) is 1.34. The van der Waals surface area contributed by atoms with Gasteiger partial charge in [0.1, 0.15) is 11.3 Å². The number of nitrogens with zero attached hydrogens (tertiary/aromatic N) is 1. The Morgan fingerprint density at radius 2 is 2.09 bits per heavy atom. The lowest BCUT2D eigenvalue weighted by molar-refractivity contribution is -0.116. The third-order valence-corrected chi connectivity index (χ3v) is 3.92. The van der Waals surface area contributed by atoms with Crippen LogP contribution < -0.4 is 15.4 Å². The summed E-state index contributed by atoms with van der Waals surface area (Å²) in [7, 11) is 1.55. The van der Waals surface area contributed by atoms with Crippen molar-refractivity contribution in [3.05, 3.63) is 12.1 Å². The summed E-state index contributed by atoms with van der Waals surface area (Å²) >= 11 is 1.34. The van der Waals surface area contributed by atoms with E-state index in [4.69, 9.17) is 4.74 Å². The lowest BCUT2D eigenvalue weighted by Crippen LogP contribution is -2.10. The predicted octanol–water partition coefficient (Wildman–Crippen LogP) is 3.39. The van der Waals surface area contributed by atoms with Gasteiger partial charge in [-0.1, -0.05) is 24.7 Å². The summed E-state index contributed by atoms with van der Waals surface area (Å²) < 4.78 is 6.17. The Balaban J connectivity index is 2.29. The first-order valence-electron chi connectivity index (χ1n) is 7.09. The number of fused-ring (bicyclic) bond motifs is 1. The van der Waals surface area contributed by atoms with Crippen LogP contribution in [0.2, 0.25) is 0 Å². The molecule has 0 bridgehead atoms. The summed E-state index contributed by atoms with van der Waals surface area (Å²) in [6.07, 6.45) is 2.33. The van der Waals surface area contributed by atoms with Gasteiger partial charge in [-0.05, 0) is 12.5 Å². The molecule has 0 saturated heterocycles. The average molecular weight is 321 g/mol. The molecule has 1 heterocycles. The minimum absolute atomic E-state index is 0.0187. The van der Waals surface area contributed by atoms with Gasteiger partial charge in [0, 0.05) is 25.1 Å². The van der Waals surface area contributed by atoms with E-state index >= 15 is 0 Å². The van der Waals surface area contributed by atoms with Gasteiger partial charge in [0.25, 0.3) is 0 Å². The van der Waals surface area contributed by atoms with Crippen LogP contribution in [0.25, 0.3) is 10.2 Å². The Bertz CT molecular complexity index is 697. The molecule has 7 heteroatoms. The van der Waals surface area contributed by atoms with Gasteiger partial charge in [0.05, 0.1) is 11.8 Å². The third-order valence-electron chi connectivity index (χ3n) is 3.00. The van der Waals surface area contributed by atoms with Gasteiger partial charge in [0.2, 0.25) is 11.8 Å². The van der Waals surface area contributed by atoms with Crippen LogP contribution in [0.5, 0.6) is 5.75 Å². The van der Waals surface area contributed by atoms with Crippen molar-refractivity contribution in [3.8, 4) is 5.75 Å². The highest BCUT2D eigenvalue weighted by Gasteiger charge is 2.13. The molecule has 0 aliphatic heterocycles. The van der Waals surface area contributed by atoms with Crippen LogP contribution in [0.15, 0.2) is 12.1 Å². The number of unbranched alkanes of at least 4 members (excludes halogenated alkanes) is 1. The van der Waals surface area contributed by atoms with Crippen molar-refractivity contribution in [1.82, 2.24) is 4.98 Å². The van der Waals surface area contributed by atoms with Crippen LogP contribution in [0.3, 0.4) is 0 Å². The Kier molecular flexibility index (Phi) is 5.32. The van der Waals surface area contributed by atoms with Crippen LogP contribution in [-0.2, 0) is 9.59 Å². The molecule has 0 unspecified atom stereocenters. The summed E-state index contributed by atoms with van der Waals surface area (Å²) in [4.78, 5) is 27.3. The summed E-state index contributed by atoms with van der Waals surface area (Å²) in [6.45, 7) is 3.48. The maximum absolute atomic E-state index is 11.8. The Labute approximate surface area is 132 Å². The van der Waals surface area contributed by atoms with Gasteiger partial charge in [-0.15, -0.1) is 0 Å². The number of aromatic nitrogens is 1. The fourth-order valence-corrected chi connectivity index (χ4v) is 2.96. The van der Waals surface area contributed by atoms with Gasteiger partial charge >= 0.3 is 0 Å². The van der Waals surface area contributed by atoms with Gasteiger partial charge in [-0.25, -0.2) is 4.98 Å². The molecule has 6 nitrogen and oxygen atoms in total. The molecule has 118 valence electrons. The molecular weight excluding hydrogens is 302 g/mol. The molecule has 0 radical (unpaired) electrons. The van der Waals surface area contributed by atoms with Crippen LogP contribution in [-0.4, -0.2) is 23.9 Å². The number of nitrogens with one attached hydrogen (secondary N) is 2. The van der Waals surface area contributed by atoms with Crippen molar-refractivity contribution in [2.75, 3.05) is 17.7 Å². The molecule has 2 rings (SSSR count). The quantitative estimate of drug-likeness (QED) is 0.854. The highest BCUT2D eigenvalue weighted by molar-refractivity contribution is 7.22. The lowest BCUT2D eigenvalue weighted by atomic mass is 10.2. The molecule has 2 aromatic rings. The first-order chi connectivity index (χ1) is 10.5. The predicted molar refractivity (Wildman–Crippen MR) is 88.6 cm³/mol. The second-order valence-corrected chi connectivity index (χ2v) is 5.91. The first-order valence-corrected chi connectivity index (χ1v) is 7.91. The molecule has 1 aromatic carbocycles. The average Bonchev–Trinajstić information content (AvgIpc) is 2.85. The first kappa shape index (κ1) is 16.2. The molecule has 0 aliphatic carbocycles. The van der Waals surface area contributed by atoms with Crippen LogP contribution in [0, 0.1) is 0 Å². The van der Waals surface area contributed by atoms with Crippen molar-refractivity contribution >= 4 is 44.2 Å². The maximum Gasteiger partial charge on any atom is 0.224 e. The number of amides is 2. The minimum Gasteiger partial charge on any atom is -0.494 e. The molecule has 22 heavy (non-hydrogen) atoms. The van der Waals surface area contributed by atoms with Crippen LogP contribution >= 0.6 is 11.3 Å². The van der Waals surface area contributed by atoms with Gasteiger partial charge < -0.3 is 15.4 Å². The van der Waals surface area contributed by atoms with E-state index in [1.807, 2.05) is 13.0 Å². The number of carbonyl (C=O) groups is 2. The van der Waals surface area contributed by atoms with Crippen molar-refractivity contribution in [3.63, 3.8) is 0 Å². The molecule has 0 saturated carbocycles. The summed E-state index contributed by atoms with van der Waals surface area (Å²) in [5, 5.41) is 6.03. The molecular formula is C15H19N3O3S. The van der Waals surface area contributed by atoms with E-state index < -0.39 is 0 Å². The zero-order valence-corrected chi connectivity index (χ0v) is 13.7. The zero-order valence-electron chi connectivity index (χ0n) is 12.9.